The van der Waals surface area contributed by atoms with E-state index in [2.05, 4.69) is 60.6 Å². The fourth-order valence-electron chi connectivity index (χ4n) is 5.14. The molecule has 0 saturated carbocycles. The van der Waals surface area contributed by atoms with Crippen molar-refractivity contribution in [3.63, 3.8) is 0 Å². The lowest BCUT2D eigenvalue weighted by atomic mass is 9.71. The number of hydrogen-bond acceptors (Lipinski definition) is 6. The Balaban J connectivity index is 1.47. The van der Waals surface area contributed by atoms with E-state index in [-0.39, 0.29) is 19.8 Å². The lowest BCUT2D eigenvalue weighted by Gasteiger charge is -2.24. The van der Waals surface area contributed by atoms with E-state index in [1.54, 1.807) is 19.3 Å². The standard InChI is InChI=1S/C33H38BClN2O4/c1-2-40-33(39)30(21-38)37-20-27-17-29(35)26(18-31(27)41-22-23-9-8-16-36-19-23)14-6-12-25-13-7-15-28(32(25)34)24-10-4-3-5-11-24/h3-5,7-11,13,16-19,28,30,37-38H,2,6,12,14-15,20-22,34H2,1H3/t28?,30-/m1/s1. The van der Waals surface area contributed by atoms with Crippen LogP contribution in [0.3, 0.4) is 0 Å². The van der Waals surface area contributed by atoms with Gasteiger partial charge in [-0.3, -0.25) is 15.1 Å². The number of esters is 1. The van der Waals surface area contributed by atoms with E-state index in [1.807, 2.05) is 24.3 Å². The van der Waals surface area contributed by atoms with E-state index < -0.39 is 12.0 Å². The van der Waals surface area contributed by atoms with Crippen LogP contribution in [-0.2, 0) is 29.1 Å². The number of aliphatic hydroxyl groups excluding tert-OH is 1. The number of hydrogen-bond donors (Lipinski definition) is 2. The van der Waals surface area contributed by atoms with Crippen molar-refractivity contribution in [3.05, 3.63) is 117 Å². The SMILES string of the molecule is BC1=C(CCCc2cc(OCc3cccnc3)c(CN[C@H](CO)C(=O)OCC)cc2Cl)C=CCC1c1ccccc1. The molecule has 2 atom stereocenters. The third kappa shape index (κ3) is 8.55. The predicted octanol–water partition coefficient (Wildman–Crippen LogP) is 5.28. The Morgan fingerprint density at radius 1 is 1.17 bits per heavy atom. The van der Waals surface area contributed by atoms with E-state index in [1.165, 1.54) is 16.6 Å². The molecule has 41 heavy (non-hydrogen) atoms. The van der Waals surface area contributed by atoms with Crippen molar-refractivity contribution in [1.82, 2.24) is 10.3 Å². The lowest BCUT2D eigenvalue weighted by Crippen LogP contribution is -2.40. The van der Waals surface area contributed by atoms with Crippen molar-refractivity contribution in [1.29, 1.82) is 0 Å². The fourth-order valence-corrected chi connectivity index (χ4v) is 5.42. The van der Waals surface area contributed by atoms with Crippen molar-refractivity contribution < 1.29 is 19.4 Å². The van der Waals surface area contributed by atoms with Crippen LogP contribution in [0.4, 0.5) is 0 Å². The summed E-state index contributed by atoms with van der Waals surface area (Å²) in [6.45, 7) is 2.24. The molecule has 214 valence electrons. The minimum atomic E-state index is -0.834. The highest BCUT2D eigenvalue weighted by atomic mass is 35.5. The van der Waals surface area contributed by atoms with Crippen molar-refractivity contribution in [2.24, 2.45) is 0 Å². The first-order chi connectivity index (χ1) is 20.0. The number of aryl methyl sites for hydroxylation is 1. The molecule has 8 heteroatoms. The van der Waals surface area contributed by atoms with Crippen LogP contribution in [0.15, 0.2) is 90.2 Å². The average Bonchev–Trinajstić information content (AvgIpc) is 2.99. The molecule has 2 N–H and O–H groups in total. The minimum absolute atomic E-state index is 0.246. The number of benzene rings is 2. The number of rotatable bonds is 14. The van der Waals surface area contributed by atoms with Crippen LogP contribution < -0.4 is 10.1 Å². The van der Waals surface area contributed by atoms with Crippen LogP contribution in [0.1, 0.15) is 54.4 Å². The zero-order valence-electron chi connectivity index (χ0n) is 23.8. The number of pyridine rings is 1. The molecule has 1 aliphatic carbocycles. The van der Waals surface area contributed by atoms with Gasteiger partial charge < -0.3 is 14.6 Å². The second kappa shape index (κ2) is 15.6. The first kappa shape index (κ1) is 30.6. The highest BCUT2D eigenvalue weighted by Crippen LogP contribution is 2.35. The highest BCUT2D eigenvalue weighted by Gasteiger charge is 2.20. The Bertz CT molecular complexity index is 1350. The van der Waals surface area contributed by atoms with E-state index in [0.717, 1.165) is 42.4 Å². The Kier molecular flexibility index (Phi) is 11.6. The molecule has 0 saturated heterocycles. The molecular formula is C33H38BClN2O4. The molecule has 2 aromatic carbocycles. The molecule has 3 aromatic rings. The summed E-state index contributed by atoms with van der Waals surface area (Å²) < 4.78 is 11.3. The zero-order chi connectivity index (χ0) is 29.0. The maximum absolute atomic E-state index is 12.2. The number of carbonyl (C=O) groups excluding carboxylic acids is 1. The Labute approximate surface area is 248 Å². The molecule has 4 rings (SSSR count). The summed E-state index contributed by atoms with van der Waals surface area (Å²) in [4.78, 5) is 16.3. The molecule has 1 unspecified atom stereocenters. The highest BCUT2D eigenvalue weighted by molar-refractivity contribution is 6.31. The molecule has 1 heterocycles. The Morgan fingerprint density at radius 3 is 2.73 bits per heavy atom. The van der Waals surface area contributed by atoms with Gasteiger partial charge in [-0.1, -0.05) is 71.2 Å². The molecule has 0 fully saturated rings. The zero-order valence-corrected chi connectivity index (χ0v) is 24.6. The number of aromatic nitrogens is 1. The van der Waals surface area contributed by atoms with Crippen LogP contribution in [0, 0.1) is 0 Å². The topological polar surface area (TPSA) is 80.7 Å². The van der Waals surface area contributed by atoms with Crippen molar-refractivity contribution >= 4 is 25.4 Å². The predicted molar refractivity (Wildman–Crippen MR) is 166 cm³/mol. The van der Waals surface area contributed by atoms with Gasteiger partial charge in [-0.05, 0) is 61.9 Å². The first-order valence-electron chi connectivity index (χ1n) is 14.2. The molecule has 1 aromatic heterocycles. The number of nitrogens with one attached hydrogen (secondary N) is 1. The number of allylic oxidation sites excluding steroid dienone is 4. The summed E-state index contributed by atoms with van der Waals surface area (Å²) in [5.41, 5.74) is 6.95. The maximum Gasteiger partial charge on any atom is 0.325 e. The smallest absolute Gasteiger partial charge is 0.325 e. The minimum Gasteiger partial charge on any atom is -0.489 e. The van der Waals surface area contributed by atoms with Crippen molar-refractivity contribution in [2.75, 3.05) is 13.2 Å². The Hall–Kier alpha value is -3.39. The summed E-state index contributed by atoms with van der Waals surface area (Å²) in [5.74, 6) is 0.612. The van der Waals surface area contributed by atoms with Crippen LogP contribution in [0.2, 0.25) is 5.02 Å². The molecule has 0 bridgehead atoms. The van der Waals surface area contributed by atoms with Gasteiger partial charge >= 0.3 is 5.97 Å². The third-order valence-corrected chi connectivity index (χ3v) is 7.81. The normalized spacial score (nSPS) is 15.5. The first-order valence-corrected chi connectivity index (χ1v) is 14.6. The van der Waals surface area contributed by atoms with Gasteiger partial charge in [0.15, 0.2) is 0 Å². The quantitative estimate of drug-likeness (QED) is 0.202. The van der Waals surface area contributed by atoms with E-state index in [4.69, 9.17) is 21.1 Å². The van der Waals surface area contributed by atoms with Gasteiger partial charge in [-0.15, -0.1) is 0 Å². The van der Waals surface area contributed by atoms with Crippen LogP contribution in [0.5, 0.6) is 5.75 Å². The van der Waals surface area contributed by atoms with Crippen LogP contribution in [-0.4, -0.2) is 43.2 Å². The van der Waals surface area contributed by atoms with E-state index >= 15 is 0 Å². The average molecular weight is 573 g/mol. The molecular weight excluding hydrogens is 535 g/mol. The molecule has 0 amide bonds. The van der Waals surface area contributed by atoms with E-state index in [9.17, 15) is 9.90 Å². The van der Waals surface area contributed by atoms with Gasteiger partial charge in [0.2, 0.25) is 0 Å². The third-order valence-electron chi connectivity index (χ3n) is 7.45. The van der Waals surface area contributed by atoms with Crippen LogP contribution in [0.25, 0.3) is 0 Å². The number of aliphatic hydroxyl groups is 1. The van der Waals surface area contributed by atoms with Gasteiger partial charge in [-0.2, -0.15) is 0 Å². The number of carbonyl (C=O) groups is 1. The fraction of sp³-hybridized carbons (Fsp3) is 0.333. The monoisotopic (exact) mass is 572 g/mol. The molecule has 6 nitrogen and oxygen atoms in total. The van der Waals surface area contributed by atoms with Crippen molar-refractivity contribution in [2.45, 2.75) is 57.7 Å². The number of ether oxygens (including phenoxy) is 2. The Morgan fingerprint density at radius 2 is 2.00 bits per heavy atom. The molecule has 1 aliphatic rings. The van der Waals surface area contributed by atoms with Crippen molar-refractivity contribution in [3.8, 4) is 5.75 Å². The number of halogens is 1. The van der Waals surface area contributed by atoms with Gasteiger partial charge in [0.25, 0.3) is 0 Å². The summed E-state index contributed by atoms with van der Waals surface area (Å²) in [6, 6.07) is 17.6. The summed E-state index contributed by atoms with van der Waals surface area (Å²) in [6.07, 6.45) is 11.8. The molecule has 0 aliphatic heterocycles. The summed E-state index contributed by atoms with van der Waals surface area (Å²) in [5, 5.41) is 13.4. The summed E-state index contributed by atoms with van der Waals surface area (Å²) >= 11 is 6.77. The van der Waals surface area contributed by atoms with Gasteiger partial charge in [0, 0.05) is 41.0 Å². The number of nitrogens with zero attached hydrogens (tertiary/aromatic N) is 1. The van der Waals surface area contributed by atoms with Gasteiger partial charge in [0.05, 0.1) is 13.2 Å². The molecule has 0 radical (unpaired) electrons. The summed E-state index contributed by atoms with van der Waals surface area (Å²) in [7, 11) is 2.26. The van der Waals surface area contributed by atoms with Gasteiger partial charge in [-0.25, -0.2) is 0 Å². The maximum atomic E-state index is 12.2. The second-order valence-electron chi connectivity index (χ2n) is 10.2. The van der Waals surface area contributed by atoms with Gasteiger partial charge in [0.1, 0.15) is 26.2 Å². The van der Waals surface area contributed by atoms with Crippen LogP contribution >= 0.6 is 11.6 Å². The molecule has 0 spiro atoms. The second-order valence-corrected chi connectivity index (χ2v) is 10.6. The largest absolute Gasteiger partial charge is 0.489 e. The lowest BCUT2D eigenvalue weighted by molar-refractivity contribution is -0.146. The van der Waals surface area contributed by atoms with E-state index in [0.29, 0.717) is 23.3 Å².